The average Bonchev–Trinajstić information content (AvgIpc) is 3.98. The first kappa shape index (κ1) is 53.3. The number of carbonyl (C=O) groups is 3. The summed E-state index contributed by atoms with van der Waals surface area (Å²) in [4.78, 5) is 48.4. The number of para-hydroxylation sites is 2. The predicted octanol–water partition coefficient (Wildman–Crippen LogP) is 6.00. The number of fused-ring (bicyclic) bond motifs is 6. The molecule has 2 unspecified atom stereocenters. The van der Waals surface area contributed by atoms with E-state index < -0.39 is 0 Å². The number of ether oxygens (including phenoxy) is 3. The summed E-state index contributed by atoms with van der Waals surface area (Å²) in [5.74, 6) is 1.89. The van der Waals surface area contributed by atoms with E-state index >= 15 is 0 Å². The molecule has 0 spiro atoms. The number of thiocyanates is 1. The number of oxime groups is 1. The first-order valence-corrected chi connectivity index (χ1v) is 25.1. The highest BCUT2D eigenvalue weighted by atomic mass is 32.2. The molecule has 2 atom stereocenters. The number of anilines is 2. The Morgan fingerprint density at radius 2 is 1.42 bits per heavy atom. The van der Waals surface area contributed by atoms with Crippen molar-refractivity contribution < 1.29 is 38.6 Å². The monoisotopic (exact) mass is 1010 g/mol. The Morgan fingerprint density at radius 1 is 0.795 bits per heavy atom. The number of carbonyl (C=O) groups excluding carboxylic acids is 3. The summed E-state index contributed by atoms with van der Waals surface area (Å²) in [6.07, 6.45) is 8.81. The molecule has 0 radical (unpaired) electrons. The number of terminal acetylenes is 1. The summed E-state index contributed by atoms with van der Waals surface area (Å²) in [5.41, 5.74) is 6.67. The van der Waals surface area contributed by atoms with Crippen LogP contribution in [0.25, 0.3) is 10.9 Å². The highest BCUT2D eigenvalue weighted by Gasteiger charge is 2.40. The third-order valence-electron chi connectivity index (χ3n) is 12.1. The molecule has 0 saturated carbocycles. The van der Waals surface area contributed by atoms with E-state index in [4.69, 9.17) is 41.1 Å². The molecule has 0 aliphatic carbocycles. The van der Waals surface area contributed by atoms with Crippen molar-refractivity contribution >= 4 is 58.0 Å². The minimum atomic E-state index is -0.261. The number of aromatic nitrogens is 1. The predicted molar refractivity (Wildman–Crippen MR) is 278 cm³/mol. The molecule has 7 rings (SSSR count). The lowest BCUT2D eigenvalue weighted by Crippen LogP contribution is -2.43. The lowest BCUT2D eigenvalue weighted by molar-refractivity contribution is -0.123. The summed E-state index contributed by atoms with van der Waals surface area (Å²) in [5, 5.41) is 46.4. The van der Waals surface area contributed by atoms with E-state index in [1.54, 1.807) is 12.3 Å². The Labute approximate surface area is 429 Å². The number of rotatable bonds is 29. The van der Waals surface area contributed by atoms with Crippen molar-refractivity contribution in [3.63, 3.8) is 0 Å². The number of nitrogens with zero attached hydrogens (tertiary/aromatic N) is 8. The van der Waals surface area contributed by atoms with Gasteiger partial charge in [0.05, 0.1) is 63.1 Å². The van der Waals surface area contributed by atoms with E-state index in [-0.39, 0.29) is 88.7 Å². The Bertz CT molecular complexity index is 2740. The van der Waals surface area contributed by atoms with Crippen molar-refractivity contribution in [1.29, 1.82) is 5.26 Å². The molecular weight excluding hydrogens is 951 g/mol. The summed E-state index contributed by atoms with van der Waals surface area (Å²) < 4.78 is 17.9. The van der Waals surface area contributed by atoms with Gasteiger partial charge in [0, 0.05) is 92.3 Å². The van der Waals surface area contributed by atoms with E-state index in [0.717, 1.165) is 54.8 Å². The molecule has 4 aromatic carbocycles. The molecule has 2 aliphatic rings. The van der Waals surface area contributed by atoms with Crippen LogP contribution in [-0.4, -0.2) is 131 Å². The lowest BCUT2D eigenvalue weighted by atomic mass is 9.87. The Morgan fingerprint density at radius 3 is 2.12 bits per heavy atom. The topological polar surface area (TPSA) is 220 Å². The van der Waals surface area contributed by atoms with Crippen LogP contribution in [0.1, 0.15) is 53.6 Å². The minimum Gasteiger partial charge on any atom is -0.428 e. The number of thioether (sulfide) groups is 1. The molecule has 1 aromatic heterocycles. The van der Waals surface area contributed by atoms with Gasteiger partial charge in [0.25, 0.3) is 0 Å². The van der Waals surface area contributed by atoms with Gasteiger partial charge >= 0.3 is 0 Å². The molecule has 3 amide bonds. The molecule has 0 saturated heterocycles. The number of hydrogen-bond acceptors (Lipinski definition) is 16. The number of hydrogen-bond donors (Lipinski definition) is 4. The van der Waals surface area contributed by atoms with E-state index in [2.05, 4.69) is 66.5 Å². The van der Waals surface area contributed by atoms with E-state index in [1.165, 1.54) is 6.21 Å². The number of benzene rings is 4. The maximum Gasteiger partial charge on any atom is 0.222 e. The highest BCUT2D eigenvalue weighted by Crippen LogP contribution is 2.49. The van der Waals surface area contributed by atoms with Gasteiger partial charge in [-0.1, -0.05) is 77.0 Å². The van der Waals surface area contributed by atoms with Crippen LogP contribution in [0, 0.1) is 23.0 Å². The maximum atomic E-state index is 13.0. The van der Waals surface area contributed by atoms with Crippen LogP contribution in [0.2, 0.25) is 0 Å². The summed E-state index contributed by atoms with van der Waals surface area (Å²) in [6.45, 7) is 5.39. The number of amides is 3. The summed E-state index contributed by atoms with van der Waals surface area (Å²) >= 11 is 1.12. The molecule has 382 valence electrons. The molecule has 5 aromatic rings. The van der Waals surface area contributed by atoms with Gasteiger partial charge in [0.2, 0.25) is 17.7 Å². The van der Waals surface area contributed by atoms with Crippen LogP contribution >= 0.6 is 11.8 Å². The van der Waals surface area contributed by atoms with Gasteiger partial charge in [-0.15, -0.1) is 6.42 Å². The fourth-order valence-electron chi connectivity index (χ4n) is 8.51. The van der Waals surface area contributed by atoms with Crippen LogP contribution in [0.5, 0.6) is 0 Å². The largest absolute Gasteiger partial charge is 0.428 e. The van der Waals surface area contributed by atoms with E-state index in [1.807, 2.05) is 71.7 Å². The first-order chi connectivity index (χ1) is 35.8. The summed E-state index contributed by atoms with van der Waals surface area (Å²) in [7, 11) is 0. The zero-order valence-corrected chi connectivity index (χ0v) is 41.5. The van der Waals surface area contributed by atoms with E-state index in [9.17, 15) is 19.6 Å². The smallest absolute Gasteiger partial charge is 0.222 e. The molecule has 73 heavy (non-hydrogen) atoms. The fraction of sp³-hybridized carbons (Fsp3) is 0.377. The molecule has 2 aliphatic heterocycles. The van der Waals surface area contributed by atoms with Gasteiger partial charge in [-0.25, -0.2) is 5.01 Å². The van der Waals surface area contributed by atoms with Gasteiger partial charge in [-0.3, -0.25) is 19.3 Å². The normalized spacial score (nSPS) is 14.7. The molecular formula is C53H61N11O8S. The Balaban J connectivity index is 0.818. The second kappa shape index (κ2) is 28.5. The van der Waals surface area contributed by atoms with Crippen molar-refractivity contribution in [3.8, 4) is 17.7 Å². The van der Waals surface area contributed by atoms with Crippen LogP contribution in [0.3, 0.4) is 0 Å². The molecule has 0 bridgehead atoms. The molecule has 3 heterocycles. The Kier molecular flexibility index (Phi) is 20.9. The third-order valence-corrected chi connectivity index (χ3v) is 12.7. The van der Waals surface area contributed by atoms with Crippen molar-refractivity contribution in [1.82, 2.24) is 25.6 Å². The second-order valence-corrected chi connectivity index (χ2v) is 17.8. The van der Waals surface area contributed by atoms with Gasteiger partial charge in [0.1, 0.15) is 30.7 Å². The lowest BCUT2D eigenvalue weighted by Gasteiger charge is -2.35. The van der Waals surface area contributed by atoms with Crippen molar-refractivity contribution in [2.24, 2.45) is 15.5 Å². The first-order valence-electron chi connectivity index (χ1n) is 24.2. The SMILES string of the molecule is C#CCOCCC(=O)NCCN(CCNC(=O)CCOCCO/N=C/c1cn(O)c2ccccc12)CCNC(=O)CCOCCN1Cc2ccccc2C2C(N=NN2c2ccc(SC#N)cc2)c2ccccc21. The Hall–Kier alpha value is -7.46. The van der Waals surface area contributed by atoms with Gasteiger partial charge in [0.15, 0.2) is 0 Å². The van der Waals surface area contributed by atoms with Gasteiger partial charge in [-0.2, -0.15) is 15.1 Å². The quantitative estimate of drug-likeness (QED) is 0.00823. The van der Waals surface area contributed by atoms with E-state index in [0.29, 0.717) is 70.0 Å². The fourth-order valence-corrected chi connectivity index (χ4v) is 8.89. The number of nitrogens with one attached hydrogen (secondary N) is 3. The minimum absolute atomic E-state index is 0.142. The van der Waals surface area contributed by atoms with Crippen molar-refractivity contribution in [2.75, 3.05) is 102 Å². The van der Waals surface area contributed by atoms with Crippen molar-refractivity contribution in [2.45, 2.75) is 42.8 Å². The molecule has 0 fully saturated rings. The van der Waals surface area contributed by atoms with Crippen LogP contribution in [0.15, 0.2) is 124 Å². The maximum absolute atomic E-state index is 13.0. The van der Waals surface area contributed by atoms with Gasteiger partial charge < -0.3 is 45.1 Å². The third kappa shape index (κ3) is 15.8. The average molecular weight is 1010 g/mol. The zero-order chi connectivity index (χ0) is 51.0. The second-order valence-electron chi connectivity index (χ2n) is 16.9. The number of nitriles is 1. The highest BCUT2D eigenvalue weighted by molar-refractivity contribution is 8.03. The zero-order valence-electron chi connectivity index (χ0n) is 40.6. The van der Waals surface area contributed by atoms with Crippen LogP contribution in [0.4, 0.5) is 11.4 Å². The summed E-state index contributed by atoms with van der Waals surface area (Å²) in [6, 6.07) is 31.4. The molecule has 19 nitrogen and oxygen atoms in total. The van der Waals surface area contributed by atoms with Crippen LogP contribution < -0.4 is 25.9 Å². The molecule has 20 heteroatoms. The van der Waals surface area contributed by atoms with Gasteiger partial charge in [-0.05, 0) is 59.3 Å². The van der Waals surface area contributed by atoms with Crippen molar-refractivity contribution in [3.05, 3.63) is 126 Å². The van der Waals surface area contributed by atoms with Crippen LogP contribution in [-0.2, 0) is 40.0 Å². The molecule has 4 N–H and O–H groups in total. The standard InChI is InChI=1S/C53H61N11O8S/c1-2-29-69-30-19-49(65)55-22-25-61(27-24-57-51(67)21-32-71-34-35-72-58-36-41-38-63(68)48-14-8-5-10-44(41)48)26-23-56-50(66)20-31-70-33-28-62-37-40-9-3-4-11-45(40)53-52(46-12-6-7-13-47(46)62)59-60-64(53)42-15-17-43(18-16-42)73-39-54/h1,3-18,36,38,52-53,68H,19-35,37H2,(H,55,65)(H,56,66)(H,57,67)/b58-36+.